The molecule has 0 rings (SSSR count). The van der Waals surface area contributed by atoms with E-state index in [9.17, 15) is 0 Å². The predicted octanol–water partition coefficient (Wildman–Crippen LogP) is 1.62. The van der Waals surface area contributed by atoms with Crippen molar-refractivity contribution in [2.45, 2.75) is 26.3 Å². The standard InChI is InChI=1S/C6H12N/c1-4-5-6(2,3)7/h4-5,7H,1-3H3/b5-4+. The van der Waals surface area contributed by atoms with Gasteiger partial charge in [-0.15, -0.1) is 0 Å². The van der Waals surface area contributed by atoms with Crippen molar-refractivity contribution in [3.63, 3.8) is 0 Å². The summed E-state index contributed by atoms with van der Waals surface area (Å²) in [7, 11) is 0. The summed E-state index contributed by atoms with van der Waals surface area (Å²) in [6, 6.07) is 0. The van der Waals surface area contributed by atoms with Crippen molar-refractivity contribution in [3.8, 4) is 0 Å². The molecule has 0 spiro atoms. The van der Waals surface area contributed by atoms with Crippen LogP contribution >= 0.6 is 0 Å². The summed E-state index contributed by atoms with van der Waals surface area (Å²) in [5.41, 5.74) is 6.86. The molecular weight excluding hydrogens is 86.1 g/mol. The van der Waals surface area contributed by atoms with Gasteiger partial charge in [0.2, 0.25) is 0 Å². The Balaban J connectivity index is 3.56. The maximum Gasteiger partial charge on any atom is 0.0446 e. The highest BCUT2D eigenvalue weighted by Gasteiger charge is 2.02. The van der Waals surface area contributed by atoms with Gasteiger partial charge >= 0.3 is 0 Å². The highest BCUT2D eigenvalue weighted by Crippen LogP contribution is 1.99. The van der Waals surface area contributed by atoms with Crippen molar-refractivity contribution in [3.05, 3.63) is 12.2 Å². The zero-order valence-electron chi connectivity index (χ0n) is 5.15. The minimum Gasteiger partial charge on any atom is -0.248 e. The largest absolute Gasteiger partial charge is 0.248 e. The lowest BCUT2D eigenvalue weighted by molar-refractivity contribution is 0.629. The van der Waals surface area contributed by atoms with E-state index in [1.165, 1.54) is 0 Å². The van der Waals surface area contributed by atoms with Crippen LogP contribution in [0.4, 0.5) is 0 Å². The highest BCUT2D eigenvalue weighted by molar-refractivity contribution is 4.95. The normalized spacial score (nSPS) is 13.1. The fourth-order valence-electron chi connectivity index (χ4n) is 0.417. The number of hydrogen-bond donors (Lipinski definition) is 0. The Kier molecular flexibility index (Phi) is 2.03. The molecule has 0 aromatic heterocycles. The molecule has 41 valence electrons. The van der Waals surface area contributed by atoms with Gasteiger partial charge in [-0.05, 0) is 20.8 Å². The quantitative estimate of drug-likeness (QED) is 0.445. The average Bonchev–Trinajstić information content (AvgIpc) is 1.30. The molecular formula is C6H12N. The van der Waals surface area contributed by atoms with E-state index in [-0.39, 0.29) is 5.54 Å². The van der Waals surface area contributed by atoms with Crippen LogP contribution in [0, 0.1) is 0 Å². The van der Waals surface area contributed by atoms with Crippen LogP contribution in [0.1, 0.15) is 20.8 Å². The molecule has 0 aliphatic carbocycles. The Morgan fingerprint density at radius 3 is 1.86 bits per heavy atom. The summed E-state index contributed by atoms with van der Waals surface area (Å²) < 4.78 is 0. The van der Waals surface area contributed by atoms with Gasteiger partial charge in [0.05, 0.1) is 0 Å². The van der Waals surface area contributed by atoms with Crippen molar-refractivity contribution in [2.75, 3.05) is 0 Å². The molecule has 0 bridgehead atoms. The van der Waals surface area contributed by atoms with Crippen LogP contribution < -0.4 is 5.73 Å². The van der Waals surface area contributed by atoms with Crippen LogP contribution in [-0.2, 0) is 0 Å². The SMILES string of the molecule is C/C=C/C(C)(C)[NH]. The van der Waals surface area contributed by atoms with Gasteiger partial charge in [-0.2, -0.15) is 0 Å². The fraction of sp³-hybridized carbons (Fsp3) is 0.667. The number of allylic oxidation sites excluding steroid dienone is 1. The summed E-state index contributed by atoms with van der Waals surface area (Å²) in [5, 5.41) is 0. The molecule has 1 nitrogen and oxygen atoms in total. The first-order valence-electron chi connectivity index (χ1n) is 2.45. The monoisotopic (exact) mass is 98.1 g/mol. The molecule has 0 aliphatic rings. The van der Waals surface area contributed by atoms with Crippen LogP contribution in [0.3, 0.4) is 0 Å². The van der Waals surface area contributed by atoms with E-state index in [4.69, 9.17) is 5.73 Å². The third-order valence-electron chi connectivity index (χ3n) is 0.583. The van der Waals surface area contributed by atoms with Crippen molar-refractivity contribution in [1.29, 1.82) is 0 Å². The zero-order valence-corrected chi connectivity index (χ0v) is 5.15. The Hall–Kier alpha value is -0.300. The summed E-state index contributed by atoms with van der Waals surface area (Å²) in [5.74, 6) is 0. The van der Waals surface area contributed by atoms with E-state index in [0.717, 1.165) is 0 Å². The fourth-order valence-corrected chi connectivity index (χ4v) is 0.417. The lowest BCUT2D eigenvalue weighted by atomic mass is 10.1. The number of nitrogens with one attached hydrogen (secondary N) is 1. The average molecular weight is 98.2 g/mol. The van der Waals surface area contributed by atoms with Gasteiger partial charge in [-0.3, -0.25) is 0 Å². The molecule has 0 saturated carbocycles. The molecule has 1 heteroatoms. The second kappa shape index (κ2) is 2.12. The van der Waals surface area contributed by atoms with Crippen LogP contribution in [0.25, 0.3) is 0 Å². The second-order valence-corrected chi connectivity index (χ2v) is 2.22. The van der Waals surface area contributed by atoms with E-state index >= 15 is 0 Å². The lowest BCUT2D eigenvalue weighted by Crippen LogP contribution is -2.16. The van der Waals surface area contributed by atoms with Crippen LogP contribution in [0.2, 0.25) is 0 Å². The first-order valence-corrected chi connectivity index (χ1v) is 2.45. The number of hydrogen-bond acceptors (Lipinski definition) is 0. The summed E-state index contributed by atoms with van der Waals surface area (Å²) in [6.45, 7) is 5.64. The minimum atomic E-state index is -0.380. The van der Waals surface area contributed by atoms with Crippen molar-refractivity contribution in [2.24, 2.45) is 0 Å². The van der Waals surface area contributed by atoms with Crippen LogP contribution in [-0.4, -0.2) is 5.54 Å². The van der Waals surface area contributed by atoms with E-state index < -0.39 is 0 Å². The van der Waals surface area contributed by atoms with Gasteiger partial charge in [0.15, 0.2) is 0 Å². The molecule has 0 aromatic carbocycles. The molecule has 0 atom stereocenters. The second-order valence-electron chi connectivity index (χ2n) is 2.22. The molecule has 0 unspecified atom stereocenters. The topological polar surface area (TPSA) is 23.8 Å². The molecule has 1 N–H and O–H groups in total. The molecule has 0 saturated heterocycles. The van der Waals surface area contributed by atoms with Gasteiger partial charge in [-0.25, -0.2) is 5.73 Å². The lowest BCUT2D eigenvalue weighted by Gasteiger charge is -2.08. The summed E-state index contributed by atoms with van der Waals surface area (Å²) in [6.07, 6.45) is 3.75. The Morgan fingerprint density at radius 1 is 1.43 bits per heavy atom. The first kappa shape index (κ1) is 6.70. The van der Waals surface area contributed by atoms with Crippen LogP contribution in [0.15, 0.2) is 12.2 Å². The summed E-state index contributed by atoms with van der Waals surface area (Å²) in [4.78, 5) is 0. The Morgan fingerprint density at radius 2 is 1.86 bits per heavy atom. The first-order chi connectivity index (χ1) is 3.06. The predicted molar refractivity (Wildman–Crippen MR) is 32.0 cm³/mol. The van der Waals surface area contributed by atoms with E-state index in [2.05, 4.69) is 0 Å². The summed E-state index contributed by atoms with van der Waals surface area (Å²) >= 11 is 0. The van der Waals surface area contributed by atoms with Gasteiger partial charge in [0.25, 0.3) is 0 Å². The van der Waals surface area contributed by atoms with E-state index in [1.54, 1.807) is 0 Å². The maximum absolute atomic E-state index is 7.24. The van der Waals surface area contributed by atoms with Gasteiger partial charge in [-0.1, -0.05) is 12.2 Å². The number of rotatable bonds is 1. The molecule has 1 radical (unpaired) electrons. The molecule has 0 aromatic rings. The molecule has 0 fully saturated rings. The molecule has 0 amide bonds. The smallest absolute Gasteiger partial charge is 0.0446 e. The van der Waals surface area contributed by atoms with E-state index in [0.29, 0.717) is 0 Å². The van der Waals surface area contributed by atoms with Crippen molar-refractivity contribution < 1.29 is 0 Å². The zero-order chi connectivity index (χ0) is 5.91. The Labute approximate surface area is 45.2 Å². The third-order valence-corrected chi connectivity index (χ3v) is 0.583. The van der Waals surface area contributed by atoms with Gasteiger partial charge in [0, 0.05) is 5.54 Å². The Bertz CT molecular complexity index is 66.7. The third kappa shape index (κ3) is 5.70. The van der Waals surface area contributed by atoms with Crippen molar-refractivity contribution >= 4 is 0 Å². The van der Waals surface area contributed by atoms with Crippen LogP contribution in [0.5, 0.6) is 0 Å². The van der Waals surface area contributed by atoms with Gasteiger partial charge in [0.1, 0.15) is 0 Å². The molecule has 0 aliphatic heterocycles. The maximum atomic E-state index is 7.24. The highest BCUT2D eigenvalue weighted by atomic mass is 14.7. The van der Waals surface area contributed by atoms with Gasteiger partial charge < -0.3 is 0 Å². The van der Waals surface area contributed by atoms with Crippen molar-refractivity contribution in [1.82, 2.24) is 5.73 Å². The molecule has 7 heavy (non-hydrogen) atoms. The minimum absolute atomic E-state index is 0.380. The van der Waals surface area contributed by atoms with E-state index in [1.807, 2.05) is 32.9 Å². The molecule has 0 heterocycles.